The van der Waals surface area contributed by atoms with Crippen LogP contribution in [0, 0.1) is 11.6 Å². The highest BCUT2D eigenvalue weighted by Crippen LogP contribution is 2.35. The van der Waals surface area contributed by atoms with E-state index in [9.17, 15) is 8.78 Å². The molecule has 104 valence electrons. The highest BCUT2D eigenvalue weighted by atomic mass is 35.5. The third kappa shape index (κ3) is 2.32. The first-order chi connectivity index (χ1) is 9.61. The summed E-state index contributed by atoms with van der Waals surface area (Å²) in [7, 11) is 0. The van der Waals surface area contributed by atoms with Crippen molar-refractivity contribution < 1.29 is 8.78 Å². The molecule has 2 aromatic rings. The van der Waals surface area contributed by atoms with Gasteiger partial charge in [-0.2, -0.15) is 0 Å². The normalized spacial score (nSPS) is 16.8. The minimum Gasteiger partial charge on any atom is -0.315 e. The molecule has 4 heteroatoms. The third-order valence-corrected chi connectivity index (χ3v) is 4.18. The van der Waals surface area contributed by atoms with Crippen LogP contribution in [0.2, 0.25) is 5.02 Å². The van der Waals surface area contributed by atoms with Crippen LogP contribution in [-0.2, 0) is 11.8 Å². The molecular formula is C16H14ClF2N. The molecule has 0 spiro atoms. The smallest absolute Gasteiger partial charge is 0.129 e. The van der Waals surface area contributed by atoms with Gasteiger partial charge in [-0.15, -0.1) is 0 Å². The molecule has 0 bridgehead atoms. The molecule has 20 heavy (non-hydrogen) atoms. The van der Waals surface area contributed by atoms with Crippen molar-refractivity contribution in [3.8, 4) is 0 Å². The maximum atomic E-state index is 13.8. The second kappa shape index (κ2) is 5.15. The van der Waals surface area contributed by atoms with E-state index >= 15 is 0 Å². The van der Waals surface area contributed by atoms with Gasteiger partial charge in [-0.25, -0.2) is 8.78 Å². The lowest BCUT2D eigenvalue weighted by molar-refractivity contribution is 0.269. The van der Waals surface area contributed by atoms with Gasteiger partial charge >= 0.3 is 0 Å². The van der Waals surface area contributed by atoms with Crippen molar-refractivity contribution in [2.45, 2.75) is 11.8 Å². The molecule has 0 atom stereocenters. The van der Waals surface area contributed by atoms with Crippen LogP contribution >= 0.6 is 11.6 Å². The molecular weight excluding hydrogens is 280 g/mol. The van der Waals surface area contributed by atoms with Gasteiger partial charge in [0.15, 0.2) is 0 Å². The minimum atomic E-state index is -0.488. The van der Waals surface area contributed by atoms with Gasteiger partial charge in [0.05, 0.1) is 0 Å². The molecule has 0 aliphatic carbocycles. The van der Waals surface area contributed by atoms with Crippen molar-refractivity contribution in [2.24, 2.45) is 0 Å². The zero-order valence-corrected chi connectivity index (χ0v) is 11.6. The molecule has 0 amide bonds. The Kier molecular flexibility index (Phi) is 3.48. The van der Waals surface area contributed by atoms with E-state index in [4.69, 9.17) is 11.6 Å². The van der Waals surface area contributed by atoms with Crippen molar-refractivity contribution >= 4 is 11.6 Å². The lowest BCUT2D eigenvalue weighted by Gasteiger charge is -2.43. The predicted molar refractivity (Wildman–Crippen MR) is 76.1 cm³/mol. The highest BCUT2D eigenvalue weighted by Gasteiger charge is 2.40. The fourth-order valence-electron chi connectivity index (χ4n) is 2.72. The van der Waals surface area contributed by atoms with E-state index < -0.39 is 11.6 Å². The predicted octanol–water partition coefficient (Wildman–Crippen LogP) is 3.70. The highest BCUT2D eigenvalue weighted by molar-refractivity contribution is 6.30. The monoisotopic (exact) mass is 293 g/mol. The minimum absolute atomic E-state index is 0.147. The van der Waals surface area contributed by atoms with Crippen LogP contribution < -0.4 is 5.32 Å². The summed E-state index contributed by atoms with van der Waals surface area (Å²) in [5.74, 6) is -0.975. The first kappa shape index (κ1) is 13.5. The Morgan fingerprint density at radius 2 is 1.70 bits per heavy atom. The van der Waals surface area contributed by atoms with Crippen molar-refractivity contribution in [3.05, 3.63) is 70.2 Å². The fraction of sp³-hybridized carbons (Fsp3) is 0.250. The van der Waals surface area contributed by atoms with Gasteiger partial charge in [0.2, 0.25) is 0 Å². The summed E-state index contributed by atoms with van der Waals surface area (Å²) in [6.45, 7) is 1.39. The first-order valence-corrected chi connectivity index (χ1v) is 6.88. The van der Waals surface area contributed by atoms with Crippen molar-refractivity contribution in [1.82, 2.24) is 5.32 Å². The Hall–Kier alpha value is -1.45. The summed E-state index contributed by atoms with van der Waals surface area (Å²) in [4.78, 5) is 0. The molecule has 1 nitrogen and oxygen atoms in total. The molecule has 0 saturated carbocycles. The molecule has 2 aromatic carbocycles. The molecule has 1 aliphatic heterocycles. The number of halogens is 3. The van der Waals surface area contributed by atoms with Crippen molar-refractivity contribution in [2.75, 3.05) is 13.1 Å². The van der Waals surface area contributed by atoms with Crippen LogP contribution in [0.4, 0.5) is 8.78 Å². The Labute approximate surface area is 121 Å². The standard InChI is InChI=1S/C16H14ClF2N/c17-12-4-1-3-11(7-12)16(9-20-10-16)8-13-14(18)5-2-6-15(13)19/h1-7,20H,8-10H2. The second-order valence-electron chi connectivity index (χ2n) is 5.27. The van der Waals surface area contributed by atoms with E-state index in [2.05, 4.69) is 5.32 Å². The van der Waals surface area contributed by atoms with E-state index in [0.29, 0.717) is 24.5 Å². The summed E-state index contributed by atoms with van der Waals surface area (Å²) in [6.07, 6.45) is 0.332. The van der Waals surface area contributed by atoms with Crippen LogP contribution in [-0.4, -0.2) is 13.1 Å². The number of rotatable bonds is 3. The summed E-state index contributed by atoms with van der Waals surface area (Å²) >= 11 is 6.03. The van der Waals surface area contributed by atoms with Gasteiger partial charge in [0, 0.05) is 29.1 Å². The van der Waals surface area contributed by atoms with E-state index in [0.717, 1.165) is 5.56 Å². The average molecular weight is 294 g/mol. The van der Waals surface area contributed by atoms with Gasteiger partial charge in [0.1, 0.15) is 11.6 Å². The first-order valence-electron chi connectivity index (χ1n) is 6.50. The fourth-order valence-corrected chi connectivity index (χ4v) is 2.91. The topological polar surface area (TPSA) is 12.0 Å². The Morgan fingerprint density at radius 3 is 2.25 bits per heavy atom. The van der Waals surface area contributed by atoms with Crippen LogP contribution in [0.3, 0.4) is 0 Å². The number of hydrogen-bond donors (Lipinski definition) is 1. The molecule has 1 aliphatic rings. The zero-order valence-electron chi connectivity index (χ0n) is 10.8. The SMILES string of the molecule is Fc1cccc(F)c1CC1(c2cccc(Cl)c2)CNC1. The van der Waals surface area contributed by atoms with Crippen LogP contribution in [0.1, 0.15) is 11.1 Å². The molecule has 0 aromatic heterocycles. The van der Waals surface area contributed by atoms with Crippen molar-refractivity contribution in [1.29, 1.82) is 0 Å². The molecule has 0 radical (unpaired) electrons. The lowest BCUT2D eigenvalue weighted by Crippen LogP contribution is -2.58. The number of hydrogen-bond acceptors (Lipinski definition) is 1. The van der Waals surface area contributed by atoms with E-state index in [1.807, 2.05) is 18.2 Å². The van der Waals surface area contributed by atoms with E-state index in [-0.39, 0.29) is 11.0 Å². The summed E-state index contributed by atoms with van der Waals surface area (Å²) in [5.41, 5.74) is 0.883. The van der Waals surface area contributed by atoms with Crippen LogP contribution in [0.15, 0.2) is 42.5 Å². The Morgan fingerprint density at radius 1 is 1.05 bits per heavy atom. The zero-order chi connectivity index (χ0) is 14.2. The summed E-state index contributed by atoms with van der Waals surface area (Å²) in [6, 6.07) is 11.5. The van der Waals surface area contributed by atoms with E-state index in [1.54, 1.807) is 6.07 Å². The van der Waals surface area contributed by atoms with Crippen LogP contribution in [0.5, 0.6) is 0 Å². The number of nitrogens with one attached hydrogen (secondary N) is 1. The molecule has 1 N–H and O–H groups in total. The maximum absolute atomic E-state index is 13.8. The summed E-state index contributed by atoms with van der Waals surface area (Å²) in [5, 5.41) is 3.83. The Bertz CT molecular complexity index is 618. The molecule has 1 fully saturated rings. The van der Waals surface area contributed by atoms with Gasteiger partial charge in [-0.1, -0.05) is 29.8 Å². The van der Waals surface area contributed by atoms with Crippen molar-refractivity contribution in [3.63, 3.8) is 0 Å². The molecule has 3 rings (SSSR count). The van der Waals surface area contributed by atoms with Crippen LogP contribution in [0.25, 0.3) is 0 Å². The molecule has 0 unspecified atom stereocenters. The quantitative estimate of drug-likeness (QED) is 0.910. The lowest BCUT2D eigenvalue weighted by atomic mass is 9.71. The summed E-state index contributed by atoms with van der Waals surface area (Å²) < 4.78 is 27.7. The second-order valence-corrected chi connectivity index (χ2v) is 5.71. The Balaban J connectivity index is 1.98. The van der Waals surface area contributed by atoms with Gasteiger partial charge < -0.3 is 5.32 Å². The average Bonchev–Trinajstić information content (AvgIpc) is 2.36. The number of benzene rings is 2. The third-order valence-electron chi connectivity index (χ3n) is 3.94. The van der Waals surface area contributed by atoms with Gasteiger partial charge in [0.25, 0.3) is 0 Å². The van der Waals surface area contributed by atoms with Gasteiger partial charge in [-0.05, 0) is 36.2 Å². The largest absolute Gasteiger partial charge is 0.315 e. The molecule has 1 heterocycles. The van der Waals surface area contributed by atoms with Gasteiger partial charge in [-0.3, -0.25) is 0 Å². The maximum Gasteiger partial charge on any atom is 0.129 e. The molecule has 1 saturated heterocycles. The van der Waals surface area contributed by atoms with E-state index in [1.165, 1.54) is 18.2 Å².